The summed E-state index contributed by atoms with van der Waals surface area (Å²) in [6.07, 6.45) is 1.68. The zero-order valence-corrected chi connectivity index (χ0v) is 19.4. The Morgan fingerprint density at radius 2 is 1.81 bits per heavy atom. The summed E-state index contributed by atoms with van der Waals surface area (Å²) < 4.78 is 30.3. The second kappa shape index (κ2) is 9.52. The van der Waals surface area contributed by atoms with Gasteiger partial charge in [-0.25, -0.2) is 13.1 Å². The number of amides is 1. The molecule has 0 fully saturated rings. The van der Waals surface area contributed by atoms with Crippen LogP contribution in [-0.2, 0) is 9.84 Å². The molecule has 1 aromatic heterocycles. The van der Waals surface area contributed by atoms with Gasteiger partial charge in [0.2, 0.25) is 0 Å². The van der Waals surface area contributed by atoms with Gasteiger partial charge < -0.3 is 9.64 Å². The van der Waals surface area contributed by atoms with E-state index in [4.69, 9.17) is 4.74 Å². The zero-order valence-electron chi connectivity index (χ0n) is 18.6. The predicted octanol–water partition coefficient (Wildman–Crippen LogP) is 2.92. The molecule has 0 bridgehead atoms. The van der Waals surface area contributed by atoms with Crippen molar-refractivity contribution in [1.29, 1.82) is 0 Å². The summed E-state index contributed by atoms with van der Waals surface area (Å²) in [6.45, 7) is 4.40. The molecular formula is C23H27N3O5S. The minimum atomic E-state index is -3.31. The van der Waals surface area contributed by atoms with Crippen molar-refractivity contribution >= 4 is 26.5 Å². The van der Waals surface area contributed by atoms with Crippen LogP contribution >= 0.6 is 0 Å². The van der Waals surface area contributed by atoms with Crippen molar-refractivity contribution < 1.29 is 17.9 Å². The van der Waals surface area contributed by atoms with Gasteiger partial charge in [-0.1, -0.05) is 24.3 Å². The van der Waals surface area contributed by atoms with Gasteiger partial charge in [0.25, 0.3) is 11.5 Å². The first-order chi connectivity index (χ1) is 15.1. The van der Waals surface area contributed by atoms with Gasteiger partial charge in [-0.2, -0.15) is 5.10 Å². The zero-order chi connectivity index (χ0) is 23.5. The van der Waals surface area contributed by atoms with E-state index in [1.54, 1.807) is 48.3 Å². The smallest absolute Gasteiger partial charge is 0.274 e. The Morgan fingerprint density at radius 3 is 2.47 bits per heavy atom. The molecule has 0 aliphatic carbocycles. The Hall–Kier alpha value is -3.20. The fourth-order valence-electron chi connectivity index (χ4n) is 3.28. The molecule has 0 unspecified atom stereocenters. The lowest BCUT2D eigenvalue weighted by molar-refractivity contribution is 0.0781. The molecular weight excluding hydrogens is 430 g/mol. The largest absolute Gasteiger partial charge is 0.493 e. The molecule has 0 saturated heterocycles. The van der Waals surface area contributed by atoms with Crippen molar-refractivity contribution in [3.8, 4) is 5.75 Å². The maximum Gasteiger partial charge on any atom is 0.274 e. The van der Waals surface area contributed by atoms with Crippen LogP contribution in [0, 0.1) is 0 Å². The molecule has 8 nitrogen and oxygen atoms in total. The first-order valence-electron chi connectivity index (χ1n) is 10.3. The number of ether oxygens (including phenoxy) is 1. The van der Waals surface area contributed by atoms with Crippen LogP contribution in [0.1, 0.15) is 36.8 Å². The van der Waals surface area contributed by atoms with E-state index in [1.165, 1.54) is 16.8 Å². The number of sulfone groups is 1. The molecule has 0 N–H and O–H groups in total. The van der Waals surface area contributed by atoms with E-state index in [0.29, 0.717) is 36.1 Å². The summed E-state index contributed by atoms with van der Waals surface area (Å²) in [5, 5.41) is 5.34. The lowest BCUT2D eigenvalue weighted by Crippen LogP contribution is -2.33. The fraction of sp³-hybridized carbons (Fsp3) is 0.348. The molecule has 2 aromatic carbocycles. The van der Waals surface area contributed by atoms with Crippen LogP contribution < -0.4 is 10.3 Å². The molecule has 170 valence electrons. The van der Waals surface area contributed by atoms with Crippen molar-refractivity contribution in [1.82, 2.24) is 14.7 Å². The molecule has 3 rings (SSSR count). The summed E-state index contributed by atoms with van der Waals surface area (Å²) in [6, 6.07) is 13.1. The highest BCUT2D eigenvalue weighted by atomic mass is 32.2. The number of aromatic nitrogens is 2. The van der Waals surface area contributed by atoms with Crippen molar-refractivity contribution in [2.24, 2.45) is 0 Å². The highest BCUT2D eigenvalue weighted by Gasteiger charge is 2.20. The first kappa shape index (κ1) is 23.5. The number of hydrogen-bond donors (Lipinski definition) is 0. The van der Waals surface area contributed by atoms with Crippen molar-refractivity contribution in [2.75, 3.05) is 26.5 Å². The summed E-state index contributed by atoms with van der Waals surface area (Å²) in [4.78, 5) is 27.5. The third-order valence-corrected chi connectivity index (χ3v) is 6.12. The van der Waals surface area contributed by atoms with Crippen LogP contribution in [0.2, 0.25) is 0 Å². The Morgan fingerprint density at radius 1 is 1.12 bits per heavy atom. The third kappa shape index (κ3) is 5.16. The molecule has 1 amide bonds. The van der Waals surface area contributed by atoms with Gasteiger partial charge in [0.15, 0.2) is 15.5 Å². The van der Waals surface area contributed by atoms with E-state index in [-0.39, 0.29) is 28.1 Å². The van der Waals surface area contributed by atoms with Gasteiger partial charge in [0.1, 0.15) is 5.75 Å². The molecule has 32 heavy (non-hydrogen) atoms. The molecule has 9 heteroatoms. The summed E-state index contributed by atoms with van der Waals surface area (Å²) in [7, 11) is -1.63. The summed E-state index contributed by atoms with van der Waals surface area (Å²) in [5.74, 6) is 0.174. The standard InChI is InChI=1S/C23H27N3O5S/c1-16(2)26-22(27)20-12-6-5-11-19(20)21(24-26)23(28)25(3)13-8-14-31-17-9-7-10-18(15-17)32(4,29)30/h5-7,9-12,15-16H,8,13-14H2,1-4H3. The van der Waals surface area contributed by atoms with Crippen LogP contribution in [0.3, 0.4) is 0 Å². The van der Waals surface area contributed by atoms with Crippen LogP contribution in [-0.4, -0.2) is 55.5 Å². The van der Waals surface area contributed by atoms with Crippen molar-refractivity contribution in [3.63, 3.8) is 0 Å². The Kier molecular flexibility index (Phi) is 6.98. The molecule has 0 spiro atoms. The van der Waals surface area contributed by atoms with Gasteiger partial charge in [-0.05, 0) is 44.5 Å². The SMILES string of the molecule is CC(C)n1nc(C(=O)N(C)CCCOc2cccc(S(C)(=O)=O)c2)c2ccccc2c1=O. The first-order valence-corrected chi connectivity index (χ1v) is 12.2. The number of carbonyl (C=O) groups is 1. The van der Waals surface area contributed by atoms with Crippen LogP contribution in [0.25, 0.3) is 10.8 Å². The van der Waals surface area contributed by atoms with E-state index >= 15 is 0 Å². The number of hydrogen-bond acceptors (Lipinski definition) is 6. The molecule has 0 aliphatic rings. The van der Waals surface area contributed by atoms with Gasteiger partial charge in [-0.3, -0.25) is 9.59 Å². The minimum Gasteiger partial charge on any atom is -0.493 e. The van der Waals surface area contributed by atoms with E-state index in [1.807, 2.05) is 13.8 Å². The second-order valence-corrected chi connectivity index (χ2v) is 9.93. The highest BCUT2D eigenvalue weighted by Crippen LogP contribution is 2.18. The molecule has 0 aliphatic heterocycles. The maximum atomic E-state index is 13.1. The van der Waals surface area contributed by atoms with Crippen LogP contribution in [0.15, 0.2) is 58.2 Å². The summed E-state index contributed by atoms with van der Waals surface area (Å²) in [5.41, 5.74) is 0.0118. The van der Waals surface area contributed by atoms with Crippen molar-refractivity contribution in [3.05, 3.63) is 64.6 Å². The van der Waals surface area contributed by atoms with Gasteiger partial charge in [0, 0.05) is 25.2 Å². The number of carbonyl (C=O) groups excluding carboxylic acids is 1. The summed E-state index contributed by atoms with van der Waals surface area (Å²) >= 11 is 0. The lowest BCUT2D eigenvalue weighted by Gasteiger charge is -2.19. The number of benzene rings is 2. The maximum absolute atomic E-state index is 13.1. The number of fused-ring (bicyclic) bond motifs is 1. The average Bonchev–Trinajstić information content (AvgIpc) is 2.76. The van der Waals surface area contributed by atoms with E-state index < -0.39 is 9.84 Å². The van der Waals surface area contributed by atoms with Crippen LogP contribution in [0.5, 0.6) is 5.75 Å². The minimum absolute atomic E-state index is 0.180. The second-order valence-electron chi connectivity index (χ2n) is 7.91. The number of rotatable bonds is 8. The number of nitrogens with zero attached hydrogens (tertiary/aromatic N) is 3. The van der Waals surface area contributed by atoms with Gasteiger partial charge in [0.05, 0.1) is 22.9 Å². The molecule has 0 radical (unpaired) electrons. The van der Waals surface area contributed by atoms with Gasteiger partial charge in [-0.15, -0.1) is 0 Å². The highest BCUT2D eigenvalue weighted by molar-refractivity contribution is 7.90. The molecule has 0 atom stereocenters. The fourth-order valence-corrected chi connectivity index (χ4v) is 3.94. The quantitative estimate of drug-likeness (QED) is 0.483. The van der Waals surface area contributed by atoms with E-state index in [0.717, 1.165) is 6.26 Å². The van der Waals surface area contributed by atoms with Crippen LogP contribution in [0.4, 0.5) is 0 Å². The lowest BCUT2D eigenvalue weighted by atomic mass is 10.1. The normalized spacial score (nSPS) is 11.7. The average molecular weight is 458 g/mol. The third-order valence-electron chi connectivity index (χ3n) is 5.01. The van der Waals surface area contributed by atoms with Crippen molar-refractivity contribution in [2.45, 2.75) is 31.2 Å². The van der Waals surface area contributed by atoms with E-state index in [2.05, 4.69) is 5.10 Å². The molecule has 3 aromatic rings. The Bertz CT molecular complexity index is 1300. The Balaban J connectivity index is 1.70. The predicted molar refractivity (Wildman–Crippen MR) is 123 cm³/mol. The topological polar surface area (TPSA) is 98.6 Å². The monoisotopic (exact) mass is 457 g/mol. The molecule has 1 heterocycles. The molecule has 0 saturated carbocycles. The van der Waals surface area contributed by atoms with E-state index in [9.17, 15) is 18.0 Å². The van der Waals surface area contributed by atoms with Gasteiger partial charge >= 0.3 is 0 Å². The Labute approximate surface area is 187 Å².